The average Bonchev–Trinajstić information content (AvgIpc) is 2.82. The van der Waals surface area contributed by atoms with Crippen LogP contribution in [0.3, 0.4) is 0 Å². The summed E-state index contributed by atoms with van der Waals surface area (Å²) in [6.45, 7) is 7.24. The molecule has 0 aliphatic heterocycles. The van der Waals surface area contributed by atoms with Crippen LogP contribution in [0.5, 0.6) is 0 Å². The van der Waals surface area contributed by atoms with Gasteiger partial charge in [0.1, 0.15) is 11.5 Å². The standard InChI is InChI=1S/C15H23NO4/c1-5-15(6-2,14(18)19)9-13(17)16-11(4)12-8-7-10(3)20-12/h7-8,11H,5-6,9H2,1-4H3,(H,16,17)(H,18,19)/t11-/m1/s1. The predicted octanol–water partition coefficient (Wildman–Crippen LogP) is 3.05. The van der Waals surface area contributed by atoms with Crippen LogP contribution in [0.1, 0.15) is 57.6 Å². The van der Waals surface area contributed by atoms with Crippen LogP contribution in [0.15, 0.2) is 16.5 Å². The molecule has 1 atom stereocenters. The SMILES string of the molecule is CCC(CC)(CC(=O)N[C@H](C)c1ccc(C)o1)C(=O)O. The lowest BCUT2D eigenvalue weighted by molar-refractivity contribution is -0.152. The minimum atomic E-state index is -0.983. The van der Waals surface area contributed by atoms with E-state index in [9.17, 15) is 14.7 Å². The highest BCUT2D eigenvalue weighted by molar-refractivity contribution is 5.85. The van der Waals surface area contributed by atoms with Crippen molar-refractivity contribution in [3.8, 4) is 0 Å². The Labute approximate surface area is 119 Å². The monoisotopic (exact) mass is 281 g/mol. The second kappa shape index (κ2) is 6.59. The molecule has 0 saturated heterocycles. The minimum Gasteiger partial charge on any atom is -0.481 e. The van der Waals surface area contributed by atoms with Gasteiger partial charge in [0, 0.05) is 6.42 Å². The highest BCUT2D eigenvalue weighted by atomic mass is 16.4. The molecule has 0 aromatic carbocycles. The maximum Gasteiger partial charge on any atom is 0.310 e. The molecular weight excluding hydrogens is 258 g/mol. The molecule has 1 heterocycles. The predicted molar refractivity (Wildman–Crippen MR) is 75.3 cm³/mol. The van der Waals surface area contributed by atoms with Gasteiger partial charge in [-0.2, -0.15) is 0 Å². The van der Waals surface area contributed by atoms with E-state index in [4.69, 9.17) is 4.42 Å². The van der Waals surface area contributed by atoms with E-state index in [0.717, 1.165) is 5.76 Å². The van der Waals surface area contributed by atoms with Crippen LogP contribution >= 0.6 is 0 Å². The van der Waals surface area contributed by atoms with E-state index in [1.807, 2.05) is 26.0 Å². The van der Waals surface area contributed by atoms with Crippen LogP contribution in [-0.4, -0.2) is 17.0 Å². The molecule has 2 N–H and O–H groups in total. The van der Waals surface area contributed by atoms with Crippen molar-refractivity contribution in [2.45, 2.75) is 53.0 Å². The van der Waals surface area contributed by atoms with Crippen molar-refractivity contribution < 1.29 is 19.1 Å². The van der Waals surface area contributed by atoms with Crippen LogP contribution in [0.2, 0.25) is 0 Å². The molecule has 112 valence electrons. The van der Waals surface area contributed by atoms with Gasteiger partial charge in [0.15, 0.2) is 0 Å². The molecule has 5 heteroatoms. The number of hydrogen-bond donors (Lipinski definition) is 2. The molecule has 1 aromatic heterocycles. The van der Waals surface area contributed by atoms with Crippen molar-refractivity contribution in [2.24, 2.45) is 5.41 Å². The summed E-state index contributed by atoms with van der Waals surface area (Å²) in [6, 6.07) is 3.37. The Morgan fingerprint density at radius 2 is 1.95 bits per heavy atom. The van der Waals surface area contributed by atoms with E-state index in [0.29, 0.717) is 18.6 Å². The number of carbonyl (C=O) groups is 2. The summed E-state index contributed by atoms with van der Waals surface area (Å²) in [7, 11) is 0. The van der Waals surface area contributed by atoms with Gasteiger partial charge in [0.2, 0.25) is 5.91 Å². The first-order valence-electron chi connectivity index (χ1n) is 6.93. The van der Waals surface area contributed by atoms with Gasteiger partial charge in [0.25, 0.3) is 0 Å². The fraction of sp³-hybridized carbons (Fsp3) is 0.600. The molecule has 0 spiro atoms. The number of rotatable bonds is 7. The fourth-order valence-electron chi connectivity index (χ4n) is 2.24. The molecule has 20 heavy (non-hydrogen) atoms. The Morgan fingerprint density at radius 3 is 2.35 bits per heavy atom. The van der Waals surface area contributed by atoms with Crippen molar-refractivity contribution in [3.05, 3.63) is 23.7 Å². The fourth-order valence-corrected chi connectivity index (χ4v) is 2.24. The van der Waals surface area contributed by atoms with Crippen LogP contribution in [0.4, 0.5) is 0 Å². The number of aryl methyl sites for hydroxylation is 1. The summed E-state index contributed by atoms with van der Waals surface area (Å²) in [5.41, 5.74) is -0.983. The number of carboxylic acids is 1. The van der Waals surface area contributed by atoms with E-state index >= 15 is 0 Å². The van der Waals surface area contributed by atoms with Crippen LogP contribution in [0, 0.1) is 12.3 Å². The number of carbonyl (C=O) groups excluding carboxylic acids is 1. The van der Waals surface area contributed by atoms with Crippen LogP contribution in [0.25, 0.3) is 0 Å². The molecule has 0 saturated carbocycles. The number of hydrogen-bond acceptors (Lipinski definition) is 3. The lowest BCUT2D eigenvalue weighted by Gasteiger charge is -2.26. The van der Waals surface area contributed by atoms with Crippen molar-refractivity contribution in [1.82, 2.24) is 5.32 Å². The minimum absolute atomic E-state index is 0.0145. The topological polar surface area (TPSA) is 79.5 Å². The van der Waals surface area contributed by atoms with Gasteiger partial charge in [-0.3, -0.25) is 9.59 Å². The third-order valence-electron chi connectivity index (χ3n) is 3.87. The highest BCUT2D eigenvalue weighted by Gasteiger charge is 2.37. The summed E-state index contributed by atoms with van der Waals surface area (Å²) in [5.74, 6) is 0.268. The smallest absolute Gasteiger partial charge is 0.310 e. The third-order valence-corrected chi connectivity index (χ3v) is 3.87. The normalized spacial score (nSPS) is 13.0. The Kier molecular flexibility index (Phi) is 5.36. The molecule has 1 amide bonds. The third kappa shape index (κ3) is 3.62. The number of carboxylic acid groups (broad SMARTS) is 1. The molecule has 0 unspecified atom stereocenters. The maximum atomic E-state index is 12.1. The first-order valence-corrected chi connectivity index (χ1v) is 6.93. The number of nitrogens with one attached hydrogen (secondary N) is 1. The molecule has 0 radical (unpaired) electrons. The van der Waals surface area contributed by atoms with Crippen molar-refractivity contribution in [2.75, 3.05) is 0 Å². The van der Waals surface area contributed by atoms with E-state index in [1.165, 1.54) is 0 Å². The molecule has 0 aliphatic rings. The average molecular weight is 281 g/mol. The summed E-state index contributed by atoms with van der Waals surface area (Å²) < 4.78 is 5.45. The van der Waals surface area contributed by atoms with Crippen molar-refractivity contribution >= 4 is 11.9 Å². The zero-order valence-electron chi connectivity index (χ0n) is 12.5. The summed E-state index contributed by atoms with van der Waals surface area (Å²) >= 11 is 0. The molecule has 1 rings (SSSR count). The molecule has 1 aromatic rings. The Bertz CT molecular complexity index is 474. The van der Waals surface area contributed by atoms with E-state index < -0.39 is 11.4 Å². The van der Waals surface area contributed by atoms with Crippen molar-refractivity contribution in [1.29, 1.82) is 0 Å². The largest absolute Gasteiger partial charge is 0.481 e. The first kappa shape index (κ1) is 16.3. The van der Waals surface area contributed by atoms with Gasteiger partial charge in [-0.05, 0) is 38.8 Å². The molecule has 0 bridgehead atoms. The first-order chi connectivity index (χ1) is 9.34. The van der Waals surface area contributed by atoms with E-state index in [2.05, 4.69) is 5.32 Å². The zero-order chi connectivity index (χ0) is 15.3. The number of furan rings is 1. The second-order valence-electron chi connectivity index (χ2n) is 5.21. The van der Waals surface area contributed by atoms with Crippen LogP contribution < -0.4 is 5.32 Å². The van der Waals surface area contributed by atoms with Gasteiger partial charge in [-0.15, -0.1) is 0 Å². The highest BCUT2D eigenvalue weighted by Crippen LogP contribution is 2.31. The molecule has 0 aliphatic carbocycles. The number of amides is 1. The molecular formula is C15H23NO4. The Hall–Kier alpha value is -1.78. The van der Waals surface area contributed by atoms with E-state index in [-0.39, 0.29) is 18.4 Å². The van der Waals surface area contributed by atoms with Gasteiger partial charge < -0.3 is 14.8 Å². The lowest BCUT2D eigenvalue weighted by Crippen LogP contribution is -2.37. The van der Waals surface area contributed by atoms with Gasteiger partial charge in [-0.1, -0.05) is 13.8 Å². The summed E-state index contributed by atoms with van der Waals surface area (Å²) in [4.78, 5) is 23.4. The van der Waals surface area contributed by atoms with Crippen LogP contribution in [-0.2, 0) is 9.59 Å². The van der Waals surface area contributed by atoms with E-state index in [1.54, 1.807) is 13.8 Å². The lowest BCUT2D eigenvalue weighted by atomic mass is 9.79. The second-order valence-corrected chi connectivity index (χ2v) is 5.21. The van der Waals surface area contributed by atoms with Gasteiger partial charge >= 0.3 is 5.97 Å². The quantitative estimate of drug-likeness (QED) is 0.805. The number of aliphatic carboxylic acids is 1. The Balaban J connectivity index is 2.69. The maximum absolute atomic E-state index is 12.1. The van der Waals surface area contributed by atoms with Gasteiger partial charge in [0.05, 0.1) is 11.5 Å². The Morgan fingerprint density at radius 1 is 1.35 bits per heavy atom. The van der Waals surface area contributed by atoms with Crippen molar-refractivity contribution in [3.63, 3.8) is 0 Å². The zero-order valence-corrected chi connectivity index (χ0v) is 12.5. The molecule has 0 fully saturated rings. The summed E-state index contributed by atoms with van der Waals surface area (Å²) in [6.07, 6.45) is 0.848. The van der Waals surface area contributed by atoms with Gasteiger partial charge in [-0.25, -0.2) is 0 Å². The molecule has 5 nitrogen and oxygen atoms in total. The summed E-state index contributed by atoms with van der Waals surface area (Å²) in [5, 5.41) is 12.1.